The fraction of sp³-hybridized carbons (Fsp3) is 0.944. The molecule has 0 spiro atoms. The van der Waals surface area contributed by atoms with E-state index in [1.54, 1.807) is 0 Å². The zero-order valence-electron chi connectivity index (χ0n) is 17.0. The van der Waals surface area contributed by atoms with Gasteiger partial charge in [0.1, 0.15) is 0 Å². The van der Waals surface area contributed by atoms with Crippen LogP contribution in [0.3, 0.4) is 0 Å². The summed E-state index contributed by atoms with van der Waals surface area (Å²) in [5.41, 5.74) is 0. The Balaban J connectivity index is -0.000000333. The van der Waals surface area contributed by atoms with Gasteiger partial charge in [0.05, 0.1) is 0 Å². The molecular formula is C18H39AlNO6S. The summed E-state index contributed by atoms with van der Waals surface area (Å²) in [6.45, 7) is 2.27. The molecule has 0 amide bonds. The van der Waals surface area contributed by atoms with Crippen LogP contribution in [0.4, 0.5) is 0 Å². The predicted molar refractivity (Wildman–Crippen MR) is 108 cm³/mol. The minimum absolute atomic E-state index is 0. The van der Waals surface area contributed by atoms with Gasteiger partial charge in [-0.1, -0.05) is 96.8 Å². The van der Waals surface area contributed by atoms with Crippen molar-refractivity contribution in [3.05, 3.63) is 0 Å². The van der Waals surface area contributed by atoms with Crippen molar-refractivity contribution in [2.45, 2.75) is 110 Å². The number of carboxylic acid groups (broad SMARTS) is 1. The van der Waals surface area contributed by atoms with Crippen molar-refractivity contribution < 1.29 is 27.4 Å². The Morgan fingerprint density at radius 2 is 0.926 bits per heavy atom. The summed E-state index contributed by atoms with van der Waals surface area (Å²) in [6.07, 6.45) is 20.2. The SMILES string of the molecule is CCCCCCCCCCCCCCCCCC(=O)O.N.O=S(=O)([O-])[O-].[Al+2]. The van der Waals surface area contributed by atoms with E-state index < -0.39 is 16.4 Å². The molecule has 9 heteroatoms. The molecule has 27 heavy (non-hydrogen) atoms. The number of carbonyl (C=O) groups is 1. The van der Waals surface area contributed by atoms with Gasteiger partial charge in [-0.15, -0.1) is 0 Å². The molecule has 4 N–H and O–H groups in total. The summed E-state index contributed by atoms with van der Waals surface area (Å²) in [4.78, 5) is 10.3. The third-order valence-electron chi connectivity index (χ3n) is 3.99. The number of rotatable bonds is 16. The van der Waals surface area contributed by atoms with E-state index >= 15 is 0 Å². The van der Waals surface area contributed by atoms with E-state index in [1.165, 1.54) is 83.5 Å². The van der Waals surface area contributed by atoms with Gasteiger partial charge in [-0.3, -0.25) is 13.2 Å². The maximum atomic E-state index is 10.3. The molecule has 0 aliphatic carbocycles. The minimum Gasteiger partial charge on any atom is -0.759 e. The zero-order chi connectivity index (χ0) is 19.4. The van der Waals surface area contributed by atoms with Gasteiger partial charge in [0.15, 0.2) is 0 Å². The minimum atomic E-state index is -5.17. The van der Waals surface area contributed by atoms with Crippen LogP contribution in [0, 0.1) is 0 Å². The molecule has 0 rings (SSSR count). The number of hydrogen-bond acceptors (Lipinski definition) is 6. The molecule has 0 saturated heterocycles. The number of aliphatic carboxylic acids is 1. The Morgan fingerprint density at radius 3 is 1.15 bits per heavy atom. The maximum Gasteiger partial charge on any atom is 2.00 e. The molecule has 0 aromatic heterocycles. The van der Waals surface area contributed by atoms with Crippen LogP contribution in [0.1, 0.15) is 110 Å². The van der Waals surface area contributed by atoms with Gasteiger partial charge in [-0.05, 0) is 6.42 Å². The second-order valence-corrected chi connectivity index (χ2v) is 7.32. The van der Waals surface area contributed by atoms with E-state index in [0.717, 1.165) is 12.8 Å². The van der Waals surface area contributed by atoms with Gasteiger partial charge in [0.25, 0.3) is 0 Å². The van der Waals surface area contributed by atoms with Crippen LogP contribution in [-0.2, 0) is 15.2 Å². The fourth-order valence-corrected chi connectivity index (χ4v) is 2.65. The third kappa shape index (κ3) is 51.8. The van der Waals surface area contributed by atoms with Gasteiger partial charge >= 0.3 is 23.3 Å². The van der Waals surface area contributed by atoms with Crippen LogP contribution in [0.2, 0.25) is 0 Å². The Morgan fingerprint density at radius 1 is 0.704 bits per heavy atom. The average molecular weight is 425 g/mol. The van der Waals surface area contributed by atoms with Crippen molar-refractivity contribution in [2.24, 2.45) is 0 Å². The van der Waals surface area contributed by atoms with Crippen molar-refractivity contribution in [2.75, 3.05) is 0 Å². The number of unbranched alkanes of at least 4 members (excludes halogenated alkanes) is 14. The largest absolute Gasteiger partial charge is 2.00 e. The van der Waals surface area contributed by atoms with Gasteiger partial charge < -0.3 is 20.4 Å². The molecule has 0 aliphatic heterocycles. The molecule has 0 heterocycles. The second-order valence-electron chi connectivity index (χ2n) is 6.50. The molecule has 0 aromatic carbocycles. The van der Waals surface area contributed by atoms with Gasteiger partial charge in [0, 0.05) is 16.8 Å². The molecule has 0 atom stereocenters. The van der Waals surface area contributed by atoms with Crippen LogP contribution in [0.15, 0.2) is 0 Å². The van der Waals surface area contributed by atoms with E-state index in [2.05, 4.69) is 6.92 Å². The second kappa shape index (κ2) is 25.8. The van der Waals surface area contributed by atoms with E-state index in [1.807, 2.05) is 0 Å². The van der Waals surface area contributed by atoms with Crippen LogP contribution in [-0.4, -0.2) is 46.0 Å². The van der Waals surface area contributed by atoms with Crippen LogP contribution < -0.4 is 6.15 Å². The summed E-state index contributed by atoms with van der Waals surface area (Å²) in [5, 5.41) is 8.52. The summed E-state index contributed by atoms with van der Waals surface area (Å²) < 4.78 is 34.1. The summed E-state index contributed by atoms with van der Waals surface area (Å²) >= 11 is 0. The zero-order valence-corrected chi connectivity index (χ0v) is 19.0. The molecule has 1 radical (unpaired) electrons. The smallest absolute Gasteiger partial charge is 0.759 e. The summed E-state index contributed by atoms with van der Waals surface area (Å²) in [5.74, 6) is -0.653. The molecule has 161 valence electrons. The first-order valence-corrected chi connectivity index (χ1v) is 11.0. The molecule has 0 bridgehead atoms. The maximum absolute atomic E-state index is 10.3. The summed E-state index contributed by atoms with van der Waals surface area (Å²) in [7, 11) is -5.17. The third-order valence-corrected chi connectivity index (χ3v) is 3.99. The number of carboxylic acids is 1. The molecular weight excluding hydrogens is 385 g/mol. The summed E-state index contributed by atoms with van der Waals surface area (Å²) in [6, 6.07) is 0. The topological polar surface area (TPSA) is 153 Å². The van der Waals surface area contributed by atoms with Gasteiger partial charge in [0.2, 0.25) is 0 Å². The van der Waals surface area contributed by atoms with Crippen molar-refractivity contribution in [1.29, 1.82) is 0 Å². The normalized spacial score (nSPS) is 10.2. The van der Waals surface area contributed by atoms with Crippen molar-refractivity contribution in [1.82, 2.24) is 6.15 Å². The van der Waals surface area contributed by atoms with E-state index in [-0.39, 0.29) is 23.5 Å². The molecule has 0 unspecified atom stereocenters. The van der Waals surface area contributed by atoms with E-state index in [4.69, 9.17) is 22.6 Å². The first kappa shape index (κ1) is 34.3. The first-order chi connectivity index (χ1) is 11.8. The molecule has 7 nitrogen and oxygen atoms in total. The van der Waals surface area contributed by atoms with E-state index in [9.17, 15) is 4.79 Å². The van der Waals surface area contributed by atoms with Crippen LogP contribution >= 0.6 is 0 Å². The van der Waals surface area contributed by atoms with Crippen molar-refractivity contribution in [3.63, 3.8) is 0 Å². The Hall–Kier alpha value is -0.168. The van der Waals surface area contributed by atoms with Crippen LogP contribution in [0.25, 0.3) is 0 Å². The predicted octanol–water partition coefficient (Wildman–Crippen LogP) is 4.78. The fourth-order valence-electron chi connectivity index (χ4n) is 2.65. The standard InChI is InChI=1S/C18H36O2.Al.H3N.H2O4S/c1-2-3-4-5-6-7-8-9-10-11-12-13-14-15-16-17-18(19)20;;;1-5(2,3)4/h2-17H2,1H3,(H,19,20);;1H3;(H2,1,2,3,4)/q;+2;;/p-2. The monoisotopic (exact) mass is 424 g/mol. The molecule has 0 fully saturated rings. The number of hydrogen-bond donors (Lipinski definition) is 2. The Labute approximate surface area is 177 Å². The average Bonchev–Trinajstić information content (AvgIpc) is 2.49. The van der Waals surface area contributed by atoms with Crippen LogP contribution in [0.5, 0.6) is 0 Å². The Kier molecular flexibility index (Phi) is 32.9. The first-order valence-electron chi connectivity index (χ1n) is 9.66. The molecule has 0 aromatic rings. The molecule has 0 saturated carbocycles. The molecule has 0 aliphatic rings. The Bertz CT molecular complexity index is 385. The van der Waals surface area contributed by atoms with Crippen molar-refractivity contribution >= 4 is 33.7 Å². The van der Waals surface area contributed by atoms with Gasteiger partial charge in [-0.2, -0.15) is 0 Å². The van der Waals surface area contributed by atoms with Crippen molar-refractivity contribution in [3.8, 4) is 0 Å². The van der Waals surface area contributed by atoms with E-state index in [0.29, 0.717) is 6.42 Å². The van der Waals surface area contributed by atoms with Gasteiger partial charge in [-0.25, -0.2) is 0 Å². The quantitative estimate of drug-likeness (QED) is 0.156.